The molecule has 2 aromatic carbocycles. The van der Waals surface area contributed by atoms with Crippen LogP contribution >= 0.6 is 22.9 Å². The van der Waals surface area contributed by atoms with Gasteiger partial charge < -0.3 is 10.1 Å². The molecule has 0 saturated carbocycles. The average Bonchev–Trinajstić information content (AvgIpc) is 3.11. The molecule has 0 saturated heterocycles. The van der Waals surface area contributed by atoms with Crippen LogP contribution in [0.4, 0.5) is 15.6 Å². The Kier molecular flexibility index (Phi) is 5.37. The lowest BCUT2D eigenvalue weighted by Crippen LogP contribution is -2.33. The van der Waals surface area contributed by atoms with E-state index in [9.17, 15) is 4.79 Å². The van der Waals surface area contributed by atoms with Crippen LogP contribution in [0, 0.1) is 0 Å². The molecule has 0 aliphatic carbocycles. The Bertz CT molecular complexity index is 850. The fourth-order valence-corrected chi connectivity index (χ4v) is 2.83. The number of anilines is 2. The van der Waals surface area contributed by atoms with Gasteiger partial charge in [0.05, 0.1) is 12.8 Å². The number of hydrazine groups is 1. The van der Waals surface area contributed by atoms with Crippen LogP contribution in [0.2, 0.25) is 5.02 Å². The van der Waals surface area contributed by atoms with Crippen molar-refractivity contribution >= 4 is 39.8 Å². The number of hydrogen-bond donors (Lipinski definition) is 3. The van der Waals surface area contributed by atoms with E-state index in [0.29, 0.717) is 15.8 Å². The number of thiazole rings is 1. The summed E-state index contributed by atoms with van der Waals surface area (Å²) in [6, 6.07) is 14.0. The third-order valence-electron chi connectivity index (χ3n) is 3.28. The molecule has 0 aliphatic heterocycles. The number of rotatable bonds is 5. The van der Waals surface area contributed by atoms with Gasteiger partial charge in [0, 0.05) is 21.7 Å². The van der Waals surface area contributed by atoms with Crippen molar-refractivity contribution in [2.75, 3.05) is 17.9 Å². The molecule has 6 nitrogen and oxygen atoms in total. The zero-order valence-electron chi connectivity index (χ0n) is 13.2. The highest BCUT2D eigenvalue weighted by molar-refractivity contribution is 7.14. The number of amides is 2. The molecule has 1 heterocycles. The predicted molar refractivity (Wildman–Crippen MR) is 101 cm³/mol. The first-order valence-corrected chi connectivity index (χ1v) is 8.58. The summed E-state index contributed by atoms with van der Waals surface area (Å²) in [5.41, 5.74) is 7.75. The quantitative estimate of drug-likeness (QED) is 0.569. The van der Waals surface area contributed by atoms with Crippen LogP contribution in [0.25, 0.3) is 11.3 Å². The van der Waals surface area contributed by atoms with Crippen molar-refractivity contribution in [3.05, 3.63) is 58.9 Å². The molecule has 0 fully saturated rings. The molecule has 128 valence electrons. The van der Waals surface area contributed by atoms with Gasteiger partial charge >= 0.3 is 6.03 Å². The van der Waals surface area contributed by atoms with Gasteiger partial charge in [-0.05, 0) is 48.5 Å². The third-order valence-corrected chi connectivity index (χ3v) is 4.28. The van der Waals surface area contributed by atoms with Crippen LogP contribution in [0.15, 0.2) is 53.9 Å². The maximum Gasteiger partial charge on any atom is 0.337 e. The summed E-state index contributed by atoms with van der Waals surface area (Å²) < 4.78 is 5.14. The van der Waals surface area contributed by atoms with E-state index < -0.39 is 6.03 Å². The zero-order chi connectivity index (χ0) is 17.6. The Morgan fingerprint density at radius 3 is 2.52 bits per heavy atom. The molecule has 0 bridgehead atoms. The Labute approximate surface area is 153 Å². The molecule has 2 amide bonds. The number of halogens is 1. The van der Waals surface area contributed by atoms with Gasteiger partial charge in [0.15, 0.2) is 0 Å². The zero-order valence-corrected chi connectivity index (χ0v) is 14.8. The molecule has 3 aromatic rings. The molecule has 3 rings (SSSR count). The number of nitrogens with one attached hydrogen (secondary N) is 3. The second-order valence-electron chi connectivity index (χ2n) is 4.98. The lowest BCUT2D eigenvalue weighted by Gasteiger charge is -2.07. The highest BCUT2D eigenvalue weighted by Gasteiger charge is 2.06. The monoisotopic (exact) mass is 374 g/mol. The Balaban J connectivity index is 1.55. The summed E-state index contributed by atoms with van der Waals surface area (Å²) in [4.78, 5) is 16.3. The summed E-state index contributed by atoms with van der Waals surface area (Å²) >= 11 is 7.20. The molecule has 1 aromatic heterocycles. The van der Waals surface area contributed by atoms with Gasteiger partial charge in [-0.3, -0.25) is 5.43 Å². The van der Waals surface area contributed by atoms with Gasteiger partial charge in [-0.1, -0.05) is 11.6 Å². The molecule has 0 radical (unpaired) electrons. The second kappa shape index (κ2) is 7.87. The molecule has 0 spiro atoms. The molecule has 0 aliphatic rings. The Hall–Kier alpha value is -2.77. The van der Waals surface area contributed by atoms with Crippen molar-refractivity contribution in [1.82, 2.24) is 10.4 Å². The summed E-state index contributed by atoms with van der Waals surface area (Å²) in [5.74, 6) is 0.790. The average molecular weight is 375 g/mol. The van der Waals surface area contributed by atoms with Crippen LogP contribution in [0.3, 0.4) is 0 Å². The van der Waals surface area contributed by atoms with Crippen molar-refractivity contribution in [3.8, 4) is 17.0 Å². The first kappa shape index (κ1) is 17.1. The minimum Gasteiger partial charge on any atom is -0.497 e. The van der Waals surface area contributed by atoms with E-state index in [1.807, 2.05) is 29.6 Å². The lowest BCUT2D eigenvalue weighted by atomic mass is 10.2. The number of aromatic nitrogens is 1. The smallest absolute Gasteiger partial charge is 0.337 e. The fourth-order valence-electron chi connectivity index (χ4n) is 2.03. The molecular weight excluding hydrogens is 360 g/mol. The number of urea groups is 1. The number of nitrogens with zero attached hydrogens (tertiary/aromatic N) is 1. The van der Waals surface area contributed by atoms with Gasteiger partial charge in [0.2, 0.25) is 5.13 Å². The summed E-state index contributed by atoms with van der Waals surface area (Å²) in [6.07, 6.45) is 0. The first-order chi connectivity index (χ1) is 12.1. The molecule has 0 atom stereocenters. The van der Waals surface area contributed by atoms with Crippen LogP contribution in [-0.4, -0.2) is 18.1 Å². The minimum atomic E-state index is -0.400. The van der Waals surface area contributed by atoms with Crippen LogP contribution in [-0.2, 0) is 0 Å². The van der Waals surface area contributed by atoms with Crippen molar-refractivity contribution in [2.24, 2.45) is 0 Å². The van der Waals surface area contributed by atoms with Crippen LogP contribution in [0.1, 0.15) is 0 Å². The molecular formula is C17H15ClN4O2S. The molecule has 3 N–H and O–H groups in total. The van der Waals surface area contributed by atoms with E-state index in [1.54, 1.807) is 31.4 Å². The van der Waals surface area contributed by atoms with Crippen molar-refractivity contribution in [2.45, 2.75) is 0 Å². The molecule has 0 unspecified atom stereocenters. The van der Waals surface area contributed by atoms with E-state index in [2.05, 4.69) is 21.2 Å². The van der Waals surface area contributed by atoms with E-state index in [0.717, 1.165) is 17.0 Å². The van der Waals surface area contributed by atoms with Crippen molar-refractivity contribution in [3.63, 3.8) is 0 Å². The van der Waals surface area contributed by atoms with Crippen molar-refractivity contribution < 1.29 is 9.53 Å². The number of ether oxygens (including phenoxy) is 1. The van der Waals surface area contributed by atoms with Gasteiger partial charge in [0.25, 0.3) is 0 Å². The van der Waals surface area contributed by atoms with Gasteiger partial charge in [-0.2, -0.15) is 0 Å². The van der Waals surface area contributed by atoms with Crippen molar-refractivity contribution in [1.29, 1.82) is 0 Å². The standard InChI is InChI=1S/C17H15ClN4O2S/c1-24-14-8-2-11(3-9-14)15-10-25-17(20-15)22-21-16(23)19-13-6-4-12(18)5-7-13/h2-10H,1H3,(H,20,22)(H2,19,21,23). The summed E-state index contributed by atoms with van der Waals surface area (Å²) in [5, 5.41) is 5.78. The number of carbonyl (C=O) groups excluding carboxylic acids is 1. The number of benzene rings is 2. The van der Waals surface area contributed by atoms with E-state index >= 15 is 0 Å². The third kappa shape index (κ3) is 4.62. The van der Waals surface area contributed by atoms with Gasteiger partial charge in [-0.15, -0.1) is 11.3 Å². The first-order valence-electron chi connectivity index (χ1n) is 7.32. The number of hydrogen-bond acceptors (Lipinski definition) is 5. The SMILES string of the molecule is COc1ccc(-c2csc(NNC(=O)Nc3ccc(Cl)cc3)n2)cc1. The predicted octanol–water partition coefficient (Wildman–Crippen LogP) is 4.62. The Morgan fingerprint density at radius 1 is 1.12 bits per heavy atom. The molecule has 8 heteroatoms. The highest BCUT2D eigenvalue weighted by atomic mass is 35.5. The Morgan fingerprint density at radius 2 is 1.84 bits per heavy atom. The largest absolute Gasteiger partial charge is 0.497 e. The summed E-state index contributed by atoms with van der Waals surface area (Å²) in [6.45, 7) is 0. The van der Waals surface area contributed by atoms with E-state index in [-0.39, 0.29) is 0 Å². The fraction of sp³-hybridized carbons (Fsp3) is 0.0588. The second-order valence-corrected chi connectivity index (χ2v) is 6.27. The topological polar surface area (TPSA) is 75.3 Å². The summed E-state index contributed by atoms with van der Waals surface area (Å²) in [7, 11) is 1.63. The normalized spacial score (nSPS) is 10.2. The van der Waals surface area contributed by atoms with Gasteiger partial charge in [-0.25, -0.2) is 15.2 Å². The van der Waals surface area contributed by atoms with E-state index in [1.165, 1.54) is 11.3 Å². The van der Waals surface area contributed by atoms with Crippen LogP contribution in [0.5, 0.6) is 5.75 Å². The highest BCUT2D eigenvalue weighted by Crippen LogP contribution is 2.26. The lowest BCUT2D eigenvalue weighted by molar-refractivity contribution is 0.254. The van der Waals surface area contributed by atoms with Crippen LogP contribution < -0.4 is 20.9 Å². The van der Waals surface area contributed by atoms with E-state index in [4.69, 9.17) is 16.3 Å². The number of methoxy groups -OCH3 is 1. The molecule has 25 heavy (non-hydrogen) atoms. The van der Waals surface area contributed by atoms with Gasteiger partial charge in [0.1, 0.15) is 5.75 Å². The maximum absolute atomic E-state index is 11.9. The minimum absolute atomic E-state index is 0.400. The maximum atomic E-state index is 11.9. The number of carbonyl (C=O) groups is 1.